The number of hydrogen-bond donors (Lipinski definition) is 1. The molecule has 0 saturated carbocycles. The third-order valence-electron chi connectivity index (χ3n) is 2.68. The lowest BCUT2D eigenvalue weighted by Gasteiger charge is -2.04. The predicted octanol–water partition coefficient (Wildman–Crippen LogP) is 3.50. The minimum absolute atomic E-state index is 0.275. The highest BCUT2D eigenvalue weighted by atomic mass is 35.5. The molecule has 0 heterocycles. The van der Waals surface area contributed by atoms with Crippen molar-refractivity contribution in [2.75, 3.05) is 6.61 Å². The number of nitrogens with one attached hydrogen (secondary N) is 1. The van der Waals surface area contributed by atoms with Crippen LogP contribution in [0.1, 0.15) is 22.8 Å². The second-order valence-corrected chi connectivity index (χ2v) is 4.64. The molecule has 0 aliphatic rings. The molecule has 108 valence electrons. The second kappa shape index (κ2) is 7.45. The monoisotopic (exact) mass is 302 g/mol. The first kappa shape index (κ1) is 15.1. The van der Waals surface area contributed by atoms with Crippen molar-refractivity contribution in [1.29, 1.82) is 0 Å². The number of hydrazone groups is 1. The Balaban J connectivity index is 1.93. The van der Waals surface area contributed by atoms with E-state index in [1.165, 1.54) is 0 Å². The molecule has 0 saturated heterocycles. The summed E-state index contributed by atoms with van der Waals surface area (Å²) in [5, 5.41) is 4.57. The Morgan fingerprint density at radius 2 is 1.86 bits per heavy atom. The maximum absolute atomic E-state index is 11.9. The average Bonchev–Trinajstić information content (AvgIpc) is 2.50. The normalized spacial score (nSPS) is 10.6. The van der Waals surface area contributed by atoms with Crippen molar-refractivity contribution in [1.82, 2.24) is 5.43 Å². The van der Waals surface area contributed by atoms with E-state index in [0.29, 0.717) is 17.2 Å². The summed E-state index contributed by atoms with van der Waals surface area (Å²) in [7, 11) is 0. The lowest BCUT2D eigenvalue weighted by Crippen LogP contribution is -2.17. The molecule has 21 heavy (non-hydrogen) atoms. The molecule has 0 fully saturated rings. The molecule has 1 N–H and O–H groups in total. The van der Waals surface area contributed by atoms with Crippen molar-refractivity contribution >= 4 is 23.7 Å². The van der Waals surface area contributed by atoms with Crippen LogP contribution in [0.25, 0.3) is 0 Å². The van der Waals surface area contributed by atoms with Gasteiger partial charge >= 0.3 is 0 Å². The largest absolute Gasteiger partial charge is 0.494 e. The average molecular weight is 303 g/mol. The topological polar surface area (TPSA) is 50.7 Å². The fourth-order valence-electron chi connectivity index (χ4n) is 1.65. The van der Waals surface area contributed by atoms with Crippen LogP contribution in [-0.2, 0) is 0 Å². The number of halogens is 1. The van der Waals surface area contributed by atoms with Crippen LogP contribution >= 0.6 is 11.6 Å². The molecule has 0 radical (unpaired) electrons. The number of benzene rings is 2. The predicted molar refractivity (Wildman–Crippen MR) is 84.1 cm³/mol. The van der Waals surface area contributed by atoms with Crippen LogP contribution in [0.5, 0.6) is 5.75 Å². The maximum atomic E-state index is 11.9. The number of carbonyl (C=O) groups is 1. The molecule has 2 aromatic rings. The van der Waals surface area contributed by atoms with Gasteiger partial charge in [-0.3, -0.25) is 4.79 Å². The fraction of sp³-hybridized carbons (Fsp3) is 0.125. The fourth-order valence-corrected chi connectivity index (χ4v) is 1.77. The zero-order valence-electron chi connectivity index (χ0n) is 11.5. The molecule has 1 amide bonds. The van der Waals surface area contributed by atoms with E-state index >= 15 is 0 Å². The first-order valence-electron chi connectivity index (χ1n) is 6.51. The zero-order chi connectivity index (χ0) is 15.1. The molecule has 4 nitrogen and oxygen atoms in total. The van der Waals surface area contributed by atoms with Gasteiger partial charge in [0.2, 0.25) is 0 Å². The molecular weight excluding hydrogens is 288 g/mol. The van der Waals surface area contributed by atoms with Crippen molar-refractivity contribution in [3.8, 4) is 5.75 Å². The van der Waals surface area contributed by atoms with Gasteiger partial charge in [-0.2, -0.15) is 5.10 Å². The van der Waals surface area contributed by atoms with Gasteiger partial charge in [0.25, 0.3) is 5.91 Å². The van der Waals surface area contributed by atoms with Crippen molar-refractivity contribution in [2.24, 2.45) is 5.10 Å². The van der Waals surface area contributed by atoms with Crippen molar-refractivity contribution in [3.05, 3.63) is 64.7 Å². The summed E-state index contributed by atoms with van der Waals surface area (Å²) in [6, 6.07) is 14.0. The minimum atomic E-state index is -0.275. The summed E-state index contributed by atoms with van der Waals surface area (Å²) in [6.45, 7) is 2.50. The van der Waals surface area contributed by atoms with Crippen LogP contribution in [0.3, 0.4) is 0 Å². The molecule has 5 heteroatoms. The van der Waals surface area contributed by atoms with E-state index < -0.39 is 0 Å². The number of carbonyl (C=O) groups excluding carboxylic acids is 1. The van der Waals surface area contributed by atoms with E-state index in [9.17, 15) is 4.79 Å². The van der Waals surface area contributed by atoms with Crippen LogP contribution in [0.4, 0.5) is 0 Å². The third-order valence-corrected chi connectivity index (χ3v) is 2.93. The third kappa shape index (κ3) is 4.61. The van der Waals surface area contributed by atoms with Crippen LogP contribution < -0.4 is 10.2 Å². The number of amides is 1. The van der Waals surface area contributed by atoms with Gasteiger partial charge in [-0.05, 0) is 48.9 Å². The second-order valence-electron chi connectivity index (χ2n) is 4.21. The summed E-state index contributed by atoms with van der Waals surface area (Å²) >= 11 is 5.79. The molecule has 0 unspecified atom stereocenters. The highest BCUT2D eigenvalue weighted by Gasteiger charge is 2.03. The highest BCUT2D eigenvalue weighted by molar-refractivity contribution is 6.30. The molecule has 0 spiro atoms. The summed E-state index contributed by atoms with van der Waals surface area (Å²) in [6.07, 6.45) is 1.56. The number of ether oxygens (including phenoxy) is 1. The van der Waals surface area contributed by atoms with Gasteiger partial charge in [0, 0.05) is 10.6 Å². The van der Waals surface area contributed by atoms with Gasteiger partial charge in [-0.15, -0.1) is 0 Å². The van der Waals surface area contributed by atoms with Crippen molar-refractivity contribution in [2.45, 2.75) is 6.92 Å². The molecule has 0 bridgehead atoms. The molecule has 2 aromatic carbocycles. The summed E-state index contributed by atoms with van der Waals surface area (Å²) < 4.78 is 5.32. The number of nitrogens with zero attached hydrogens (tertiary/aromatic N) is 1. The number of hydrogen-bond acceptors (Lipinski definition) is 3. The Hall–Kier alpha value is -2.33. The van der Waals surface area contributed by atoms with Crippen LogP contribution in [0, 0.1) is 0 Å². The molecule has 0 aliphatic carbocycles. The van der Waals surface area contributed by atoms with E-state index in [1.807, 2.05) is 19.1 Å². The Labute approximate surface area is 128 Å². The van der Waals surface area contributed by atoms with Gasteiger partial charge in [0.15, 0.2) is 0 Å². The van der Waals surface area contributed by atoms with E-state index in [-0.39, 0.29) is 5.91 Å². The quantitative estimate of drug-likeness (QED) is 0.679. The van der Waals surface area contributed by atoms with Crippen LogP contribution in [-0.4, -0.2) is 18.7 Å². The van der Waals surface area contributed by atoms with E-state index in [1.54, 1.807) is 42.6 Å². The van der Waals surface area contributed by atoms with Gasteiger partial charge in [-0.1, -0.05) is 23.7 Å². The van der Waals surface area contributed by atoms with Crippen molar-refractivity contribution < 1.29 is 9.53 Å². The van der Waals surface area contributed by atoms with E-state index in [2.05, 4.69) is 10.5 Å². The lowest BCUT2D eigenvalue weighted by atomic mass is 10.2. The Morgan fingerprint density at radius 3 is 2.48 bits per heavy atom. The van der Waals surface area contributed by atoms with Gasteiger partial charge in [-0.25, -0.2) is 5.43 Å². The Bertz CT molecular complexity index is 622. The van der Waals surface area contributed by atoms with Crippen LogP contribution in [0.15, 0.2) is 53.6 Å². The van der Waals surface area contributed by atoms with Gasteiger partial charge < -0.3 is 4.74 Å². The van der Waals surface area contributed by atoms with E-state index in [4.69, 9.17) is 16.3 Å². The molecule has 0 aromatic heterocycles. The van der Waals surface area contributed by atoms with Gasteiger partial charge in [0.1, 0.15) is 5.75 Å². The minimum Gasteiger partial charge on any atom is -0.494 e. The Kier molecular flexibility index (Phi) is 5.35. The maximum Gasteiger partial charge on any atom is 0.271 e. The summed E-state index contributed by atoms with van der Waals surface area (Å²) in [5.41, 5.74) is 3.84. The SMILES string of the molecule is CCOc1ccc(C(=O)N/N=C\c2ccc(Cl)cc2)cc1. The smallest absolute Gasteiger partial charge is 0.271 e. The molecule has 2 rings (SSSR count). The first-order chi connectivity index (χ1) is 10.2. The zero-order valence-corrected chi connectivity index (χ0v) is 12.3. The molecule has 0 aliphatic heterocycles. The summed E-state index contributed by atoms with van der Waals surface area (Å²) in [4.78, 5) is 11.9. The van der Waals surface area contributed by atoms with Crippen LogP contribution in [0.2, 0.25) is 5.02 Å². The van der Waals surface area contributed by atoms with Crippen molar-refractivity contribution in [3.63, 3.8) is 0 Å². The number of rotatable bonds is 5. The molecule has 0 atom stereocenters. The standard InChI is InChI=1S/C16H15ClN2O2/c1-2-21-15-9-5-13(6-10-15)16(20)19-18-11-12-3-7-14(17)8-4-12/h3-11H,2H2,1H3,(H,19,20)/b18-11-. The lowest BCUT2D eigenvalue weighted by molar-refractivity contribution is 0.0955. The Morgan fingerprint density at radius 1 is 1.19 bits per heavy atom. The molecular formula is C16H15ClN2O2. The summed E-state index contributed by atoms with van der Waals surface area (Å²) in [5.74, 6) is 0.460. The van der Waals surface area contributed by atoms with Gasteiger partial charge in [0.05, 0.1) is 12.8 Å². The highest BCUT2D eigenvalue weighted by Crippen LogP contribution is 2.12. The van der Waals surface area contributed by atoms with E-state index in [0.717, 1.165) is 11.3 Å². The first-order valence-corrected chi connectivity index (χ1v) is 6.88.